The smallest absolute Gasteiger partial charge is 0.269 e. The van der Waals surface area contributed by atoms with Gasteiger partial charge in [-0.05, 0) is 48.5 Å². The van der Waals surface area contributed by atoms with Crippen molar-refractivity contribution in [1.29, 1.82) is 0 Å². The Balaban J connectivity index is 0.00000144. The molecule has 22 heavy (non-hydrogen) atoms. The first-order chi connectivity index (χ1) is 10.3. The van der Waals surface area contributed by atoms with E-state index in [-0.39, 0.29) is 13.0 Å². The van der Waals surface area contributed by atoms with E-state index in [9.17, 15) is 4.79 Å². The molecule has 6 heteroatoms. The Morgan fingerprint density at radius 1 is 1.32 bits per heavy atom. The van der Waals surface area contributed by atoms with E-state index >= 15 is 0 Å². The summed E-state index contributed by atoms with van der Waals surface area (Å²) in [6.45, 7) is 2.10. The third-order valence-electron chi connectivity index (χ3n) is 3.78. The van der Waals surface area contributed by atoms with Gasteiger partial charge in [0, 0.05) is 6.20 Å². The maximum atomic E-state index is 12.2. The summed E-state index contributed by atoms with van der Waals surface area (Å²) < 4.78 is 0.706. The summed E-state index contributed by atoms with van der Waals surface area (Å²) in [4.78, 5) is 24.0. The quantitative estimate of drug-likeness (QED) is 0.779. The van der Waals surface area contributed by atoms with E-state index in [0.717, 1.165) is 25.0 Å². The second-order valence-electron chi connectivity index (χ2n) is 5.30. The van der Waals surface area contributed by atoms with E-state index in [1.165, 1.54) is 16.9 Å². The van der Waals surface area contributed by atoms with Crippen molar-refractivity contribution in [2.75, 3.05) is 13.1 Å². The predicted octanol–water partition coefficient (Wildman–Crippen LogP) is 2.44. The van der Waals surface area contributed by atoms with Crippen molar-refractivity contribution >= 4 is 21.6 Å². The Hall–Kier alpha value is -2.05. The number of nitrogens with zero attached hydrogens (tertiary/aromatic N) is 2. The van der Waals surface area contributed by atoms with Gasteiger partial charge in [0.1, 0.15) is 10.4 Å². The Morgan fingerprint density at radius 3 is 2.86 bits per heavy atom. The van der Waals surface area contributed by atoms with Crippen molar-refractivity contribution in [3.63, 3.8) is 0 Å². The van der Waals surface area contributed by atoms with Crippen LogP contribution >= 0.6 is 11.3 Å². The average Bonchev–Trinajstić information content (AvgIpc) is 2.87. The molecule has 5 nitrogen and oxygen atoms in total. The topological polar surface area (TPSA) is 70.7 Å². The summed E-state index contributed by atoms with van der Waals surface area (Å²) in [5.74, 6) is 1.20. The van der Waals surface area contributed by atoms with Gasteiger partial charge in [-0.1, -0.05) is 13.5 Å². The second kappa shape index (κ2) is 5.98. The SMILES string of the molecule is C.O=c1[nH]c(-c2ccccn2)nc2c(CC3CNC3)csc12. The third kappa shape index (κ3) is 2.55. The molecule has 0 spiro atoms. The van der Waals surface area contributed by atoms with Crippen molar-refractivity contribution in [3.05, 3.63) is 45.7 Å². The fourth-order valence-electron chi connectivity index (χ4n) is 2.55. The number of aromatic amines is 1. The molecule has 3 aromatic rings. The normalized spacial score (nSPS) is 14.5. The molecule has 0 radical (unpaired) electrons. The highest BCUT2D eigenvalue weighted by Gasteiger charge is 2.20. The molecule has 4 rings (SSSR count). The highest BCUT2D eigenvalue weighted by Crippen LogP contribution is 2.26. The van der Waals surface area contributed by atoms with E-state index < -0.39 is 0 Å². The molecule has 2 N–H and O–H groups in total. The molecule has 0 unspecified atom stereocenters. The van der Waals surface area contributed by atoms with Gasteiger partial charge in [-0.15, -0.1) is 11.3 Å². The van der Waals surface area contributed by atoms with Gasteiger partial charge in [0.15, 0.2) is 5.82 Å². The van der Waals surface area contributed by atoms with Crippen LogP contribution in [0.4, 0.5) is 0 Å². The molecule has 1 saturated heterocycles. The van der Waals surface area contributed by atoms with Gasteiger partial charge in [0.2, 0.25) is 0 Å². The molecule has 0 saturated carbocycles. The summed E-state index contributed by atoms with van der Waals surface area (Å²) in [6, 6.07) is 5.59. The van der Waals surface area contributed by atoms with Crippen LogP contribution in [-0.2, 0) is 6.42 Å². The molecule has 0 aromatic carbocycles. The summed E-state index contributed by atoms with van der Waals surface area (Å²) in [5, 5.41) is 5.34. The zero-order valence-electron chi connectivity index (χ0n) is 11.3. The zero-order chi connectivity index (χ0) is 14.2. The van der Waals surface area contributed by atoms with Crippen molar-refractivity contribution in [2.45, 2.75) is 13.8 Å². The maximum Gasteiger partial charge on any atom is 0.269 e. The molecular weight excluding hydrogens is 296 g/mol. The zero-order valence-corrected chi connectivity index (χ0v) is 12.1. The van der Waals surface area contributed by atoms with E-state index in [2.05, 4.69) is 25.6 Å². The Bertz CT molecular complexity index is 836. The summed E-state index contributed by atoms with van der Waals surface area (Å²) in [7, 11) is 0. The number of thiophene rings is 1. The number of fused-ring (bicyclic) bond motifs is 1. The Morgan fingerprint density at radius 2 is 2.18 bits per heavy atom. The summed E-state index contributed by atoms with van der Waals surface area (Å²) in [5.41, 5.74) is 2.61. The minimum atomic E-state index is -0.0800. The number of rotatable bonds is 3. The van der Waals surface area contributed by atoms with Gasteiger partial charge < -0.3 is 10.3 Å². The van der Waals surface area contributed by atoms with Crippen LogP contribution in [0.15, 0.2) is 34.6 Å². The van der Waals surface area contributed by atoms with Crippen LogP contribution in [0, 0.1) is 5.92 Å². The average molecular weight is 314 g/mol. The number of H-pyrrole nitrogens is 1. The molecule has 0 atom stereocenters. The fraction of sp³-hybridized carbons (Fsp3) is 0.312. The van der Waals surface area contributed by atoms with Gasteiger partial charge in [0.25, 0.3) is 5.56 Å². The second-order valence-corrected chi connectivity index (χ2v) is 6.18. The van der Waals surface area contributed by atoms with Gasteiger partial charge in [0.05, 0.1) is 5.52 Å². The van der Waals surface area contributed by atoms with Crippen LogP contribution in [0.5, 0.6) is 0 Å². The van der Waals surface area contributed by atoms with Gasteiger partial charge in [-0.3, -0.25) is 9.78 Å². The van der Waals surface area contributed by atoms with E-state index in [1.807, 2.05) is 18.2 Å². The molecule has 1 fully saturated rings. The lowest BCUT2D eigenvalue weighted by Gasteiger charge is -2.26. The monoisotopic (exact) mass is 314 g/mol. The summed E-state index contributed by atoms with van der Waals surface area (Å²) >= 11 is 1.47. The van der Waals surface area contributed by atoms with Crippen molar-refractivity contribution in [3.8, 4) is 11.5 Å². The van der Waals surface area contributed by atoms with Crippen molar-refractivity contribution in [1.82, 2.24) is 20.3 Å². The minimum absolute atomic E-state index is 0. The number of hydrogen-bond acceptors (Lipinski definition) is 5. The summed E-state index contributed by atoms with van der Waals surface area (Å²) in [6.07, 6.45) is 2.68. The van der Waals surface area contributed by atoms with Crippen LogP contribution in [0.2, 0.25) is 0 Å². The van der Waals surface area contributed by atoms with E-state index in [4.69, 9.17) is 0 Å². The molecular formula is C16H18N4OS. The molecule has 1 aliphatic heterocycles. The molecule has 0 amide bonds. The lowest BCUT2D eigenvalue weighted by atomic mass is 9.95. The lowest BCUT2D eigenvalue weighted by Crippen LogP contribution is -2.43. The predicted molar refractivity (Wildman–Crippen MR) is 90.3 cm³/mol. The first-order valence-corrected chi connectivity index (χ1v) is 7.82. The van der Waals surface area contributed by atoms with Crippen molar-refractivity contribution in [2.24, 2.45) is 5.92 Å². The number of hydrogen-bond donors (Lipinski definition) is 2. The van der Waals surface area contributed by atoms with Gasteiger partial charge in [-0.2, -0.15) is 0 Å². The Kier molecular flexibility index (Phi) is 4.04. The Labute approximate surface area is 132 Å². The molecule has 1 aliphatic rings. The minimum Gasteiger partial charge on any atom is -0.316 e. The molecule has 114 valence electrons. The number of nitrogens with one attached hydrogen (secondary N) is 2. The van der Waals surface area contributed by atoms with E-state index in [1.54, 1.807) is 6.20 Å². The van der Waals surface area contributed by atoms with Crippen molar-refractivity contribution < 1.29 is 0 Å². The lowest BCUT2D eigenvalue weighted by molar-refractivity contribution is 0.347. The van der Waals surface area contributed by atoms with Crippen LogP contribution in [0.3, 0.4) is 0 Å². The van der Waals surface area contributed by atoms with Crippen LogP contribution in [0.1, 0.15) is 13.0 Å². The van der Waals surface area contributed by atoms with Crippen LogP contribution in [-0.4, -0.2) is 28.0 Å². The van der Waals surface area contributed by atoms with Crippen LogP contribution < -0.4 is 10.9 Å². The van der Waals surface area contributed by atoms with Gasteiger partial charge in [-0.25, -0.2) is 4.98 Å². The number of pyridine rings is 1. The van der Waals surface area contributed by atoms with E-state index in [0.29, 0.717) is 22.1 Å². The first-order valence-electron chi connectivity index (χ1n) is 6.94. The molecule has 4 heterocycles. The standard InChI is InChI=1S/C15H14N4OS.CH4/c20-15-13-12(10(8-21-13)5-9-6-16-7-9)18-14(19-15)11-3-1-2-4-17-11;/h1-4,8-9,16H,5-7H2,(H,18,19,20);1H4. The largest absolute Gasteiger partial charge is 0.316 e. The first kappa shape index (κ1) is 14.9. The number of aromatic nitrogens is 3. The maximum absolute atomic E-state index is 12.2. The third-order valence-corrected chi connectivity index (χ3v) is 4.80. The molecule has 0 bridgehead atoms. The highest BCUT2D eigenvalue weighted by molar-refractivity contribution is 7.17. The van der Waals surface area contributed by atoms with Crippen LogP contribution in [0.25, 0.3) is 21.7 Å². The molecule has 3 aromatic heterocycles. The highest BCUT2D eigenvalue weighted by atomic mass is 32.1. The molecule has 0 aliphatic carbocycles. The fourth-order valence-corrected chi connectivity index (χ4v) is 3.46. The van der Waals surface area contributed by atoms with Gasteiger partial charge >= 0.3 is 0 Å².